The Kier molecular flexibility index (Phi) is 358. The van der Waals surface area contributed by atoms with Gasteiger partial charge in [0.25, 0.3) is 0 Å². The highest BCUT2D eigenvalue weighted by Crippen LogP contribution is 1.56. The molecule has 0 atom stereocenters. The molecule has 0 heterocycles. The zero-order chi connectivity index (χ0) is 5.41. The van der Waals surface area contributed by atoms with Gasteiger partial charge in [0.1, 0.15) is 0 Å². The first-order valence-corrected chi connectivity index (χ1v) is 2.53. The van der Waals surface area contributed by atoms with Gasteiger partial charge in [0.15, 0.2) is 0 Å². The molecule has 0 aliphatic carbocycles. The average molecular weight is 127 g/mol. The van der Waals surface area contributed by atoms with Crippen LogP contribution in [0.5, 0.6) is 0 Å². The molecule has 0 saturated heterocycles. The molecule has 0 aromatic carbocycles. The third kappa shape index (κ3) is 18100. The van der Waals surface area contributed by atoms with Crippen molar-refractivity contribution in [1.82, 2.24) is 0 Å². The molecule has 0 amide bonds. The lowest BCUT2D eigenvalue weighted by molar-refractivity contribution is 1.09. The van der Waals surface area contributed by atoms with E-state index in [0.29, 0.717) is 0 Å². The molecule has 0 spiro atoms. The molecule has 0 nitrogen and oxygen atoms in total. The molecule has 0 aliphatic rings. The Morgan fingerprint density at radius 2 is 1.00 bits per heavy atom. The number of hydrogen-bond acceptors (Lipinski definition) is 0. The van der Waals surface area contributed by atoms with Crippen molar-refractivity contribution in [2.75, 3.05) is 0 Å². The molecule has 9 heavy (non-hydrogen) atoms. The minimum absolute atomic E-state index is 0. The summed E-state index contributed by atoms with van der Waals surface area (Å²) in [7, 11) is 4.85. The van der Waals surface area contributed by atoms with Crippen LogP contribution in [0.3, 0.4) is 0 Å². The third-order valence-electron chi connectivity index (χ3n) is 0. The Hall–Kier alpha value is 0.130. The lowest BCUT2D eigenvalue weighted by atomic mass is 10.1. The average Bonchev–Trinajstić information content (AvgIpc) is 1.39. The summed E-state index contributed by atoms with van der Waals surface area (Å²) in [5.74, 6) is 0. The zero-order valence-electron chi connectivity index (χ0n) is 5.57. The molecule has 0 saturated carbocycles. The Morgan fingerprint density at radius 3 is 1.00 bits per heavy atom. The van der Waals surface area contributed by atoms with E-state index < -0.39 is 0 Å². The van der Waals surface area contributed by atoms with E-state index in [-0.39, 0.29) is 23.3 Å². The molecular formula is C7H21B2. The van der Waals surface area contributed by atoms with Gasteiger partial charge in [-0.2, -0.15) is 0 Å². The normalized spacial score (nSPS) is 3.89. The summed E-state index contributed by atoms with van der Waals surface area (Å²) in [4.78, 5) is 0. The van der Waals surface area contributed by atoms with Crippen LogP contribution in [0, 0.1) is 0 Å². The summed E-state index contributed by atoms with van der Waals surface area (Å²) >= 11 is 0. The van der Waals surface area contributed by atoms with Gasteiger partial charge >= 0.3 is 0 Å². The van der Waals surface area contributed by atoms with Crippen molar-refractivity contribution >= 4 is 16.3 Å². The van der Waals surface area contributed by atoms with Gasteiger partial charge in [-0.15, -0.1) is 0 Å². The largest absolute Gasteiger partial charge is 0.0915 e. The SMILES string of the molecule is C.C.CCC.[B].[B]CC. The summed E-state index contributed by atoms with van der Waals surface area (Å²) in [5, 5.41) is 0. The molecule has 0 aliphatic heterocycles. The van der Waals surface area contributed by atoms with Gasteiger partial charge in [-0.3, -0.25) is 0 Å². The Bertz CT molecular complexity index is 8.88. The smallest absolute Gasteiger partial charge is 0.0649 e. The monoisotopic (exact) mass is 127 g/mol. The summed E-state index contributed by atoms with van der Waals surface area (Å²) in [5.41, 5.74) is 0. The van der Waals surface area contributed by atoms with Crippen LogP contribution >= 0.6 is 0 Å². The highest BCUT2D eigenvalue weighted by molar-refractivity contribution is 6.08. The molecule has 0 unspecified atom stereocenters. The van der Waals surface area contributed by atoms with Gasteiger partial charge in [0.05, 0.1) is 7.85 Å². The Balaban J connectivity index is -0.00000000889. The van der Waals surface area contributed by atoms with Crippen molar-refractivity contribution in [3.63, 3.8) is 0 Å². The second kappa shape index (κ2) is 91.1. The van der Waals surface area contributed by atoms with Crippen molar-refractivity contribution < 1.29 is 0 Å². The molecule has 2 heteroatoms. The number of rotatable bonds is 0. The molecule has 0 rings (SSSR count). The number of hydrogen-bond donors (Lipinski definition) is 0. The van der Waals surface area contributed by atoms with Crippen LogP contribution in [-0.2, 0) is 0 Å². The Labute approximate surface area is 65.4 Å². The molecule has 0 N–H and O–H groups in total. The topological polar surface area (TPSA) is 0 Å². The van der Waals surface area contributed by atoms with Crippen LogP contribution in [0.1, 0.15) is 42.0 Å². The van der Waals surface area contributed by atoms with Crippen LogP contribution in [-0.4, -0.2) is 16.3 Å². The van der Waals surface area contributed by atoms with Gasteiger partial charge < -0.3 is 0 Å². The molecule has 0 fully saturated rings. The minimum Gasteiger partial charge on any atom is -0.0915 e. The van der Waals surface area contributed by atoms with Crippen molar-refractivity contribution in [2.24, 2.45) is 0 Å². The highest BCUT2D eigenvalue weighted by Gasteiger charge is 1.37. The summed E-state index contributed by atoms with van der Waals surface area (Å²) < 4.78 is 0. The first-order chi connectivity index (χ1) is 2.83. The van der Waals surface area contributed by atoms with E-state index in [1.807, 2.05) is 6.92 Å². The van der Waals surface area contributed by atoms with E-state index in [0.717, 1.165) is 6.32 Å². The lowest BCUT2D eigenvalue weighted by Gasteiger charge is -1.48. The second-order valence-electron chi connectivity index (χ2n) is 1.12. The quantitative estimate of drug-likeness (QED) is 0.438. The second-order valence-corrected chi connectivity index (χ2v) is 1.12. The maximum absolute atomic E-state index is 4.85. The maximum atomic E-state index is 4.85. The predicted molar refractivity (Wildman–Crippen MR) is 51.4 cm³/mol. The van der Waals surface area contributed by atoms with Gasteiger partial charge in [0.2, 0.25) is 0 Å². The minimum atomic E-state index is 0. The summed E-state index contributed by atoms with van der Waals surface area (Å²) in [6.45, 7) is 6.15. The van der Waals surface area contributed by atoms with Gasteiger partial charge in [-0.05, 0) is 0 Å². The fourth-order valence-corrected chi connectivity index (χ4v) is 0. The van der Waals surface area contributed by atoms with Crippen LogP contribution in [0.4, 0.5) is 0 Å². The van der Waals surface area contributed by atoms with Crippen molar-refractivity contribution in [3.8, 4) is 0 Å². The third-order valence-corrected chi connectivity index (χ3v) is 0. The molecule has 55 valence electrons. The zero-order valence-corrected chi connectivity index (χ0v) is 5.57. The molecule has 0 aromatic heterocycles. The Morgan fingerprint density at radius 1 is 1.00 bits per heavy atom. The van der Waals surface area contributed by atoms with Gasteiger partial charge in [-0.1, -0.05) is 48.4 Å². The summed E-state index contributed by atoms with van der Waals surface area (Å²) in [6.07, 6.45) is 2.00. The molecule has 0 bridgehead atoms. The van der Waals surface area contributed by atoms with Crippen LogP contribution in [0.25, 0.3) is 0 Å². The first kappa shape index (κ1) is 35.4. The lowest BCUT2D eigenvalue weighted by Crippen LogP contribution is -1.41. The van der Waals surface area contributed by atoms with E-state index in [2.05, 4.69) is 13.8 Å². The first-order valence-electron chi connectivity index (χ1n) is 2.53. The van der Waals surface area contributed by atoms with E-state index >= 15 is 0 Å². The van der Waals surface area contributed by atoms with Crippen LogP contribution < -0.4 is 0 Å². The van der Waals surface area contributed by atoms with Gasteiger partial charge in [-0.25, -0.2) is 0 Å². The van der Waals surface area contributed by atoms with Crippen LogP contribution in [0.2, 0.25) is 6.32 Å². The molecular weight excluding hydrogens is 106 g/mol. The predicted octanol–water partition coefficient (Wildman–Crippen LogP) is 2.90. The van der Waals surface area contributed by atoms with E-state index in [1.165, 1.54) is 6.42 Å². The van der Waals surface area contributed by atoms with Gasteiger partial charge in [0, 0.05) is 8.41 Å². The van der Waals surface area contributed by atoms with Crippen molar-refractivity contribution in [2.45, 2.75) is 48.4 Å². The maximum Gasteiger partial charge on any atom is 0.0649 e. The molecule has 0 aromatic rings. The van der Waals surface area contributed by atoms with E-state index in [9.17, 15) is 0 Å². The van der Waals surface area contributed by atoms with Crippen molar-refractivity contribution in [3.05, 3.63) is 0 Å². The molecule has 5 radical (unpaired) electrons. The fraction of sp³-hybridized carbons (Fsp3) is 1.00. The van der Waals surface area contributed by atoms with E-state index in [1.54, 1.807) is 0 Å². The standard InChI is InChI=1S/C3H8.C2H5B.2CH4.B/c1-3-2;1-2-3;;;/h3H2,1-2H3;2H2,1H3;2*1H4;. The highest BCUT2D eigenvalue weighted by atomic mass is 13.4. The summed E-state index contributed by atoms with van der Waals surface area (Å²) in [6, 6.07) is 0. The van der Waals surface area contributed by atoms with Crippen LogP contribution in [0.15, 0.2) is 0 Å². The van der Waals surface area contributed by atoms with Crippen molar-refractivity contribution in [1.29, 1.82) is 0 Å². The van der Waals surface area contributed by atoms with E-state index in [4.69, 9.17) is 7.85 Å². The fourth-order valence-electron chi connectivity index (χ4n) is 0.